The Morgan fingerprint density at radius 1 is 0.462 bits per heavy atom. The Kier molecular flexibility index (Phi) is 39.4. The lowest BCUT2D eigenvalue weighted by Gasteiger charge is -2.37. The number of nitrogens with one attached hydrogen (secondary N) is 8. The Morgan fingerprint density at radius 3 is 1.49 bits per heavy atom. The molecule has 0 saturated carbocycles. The van der Waals surface area contributed by atoms with Gasteiger partial charge in [-0.2, -0.15) is 0 Å². The van der Waals surface area contributed by atoms with Crippen LogP contribution in [0, 0.1) is 23.7 Å². The molecule has 1 aliphatic heterocycles. The van der Waals surface area contributed by atoms with E-state index in [4.69, 9.17) is 5.73 Å². The number of para-hydroxylation sites is 1. The molecule has 2 heterocycles. The zero-order valence-corrected chi connectivity index (χ0v) is 76.4. The number of primary amides is 1. The summed E-state index contributed by atoms with van der Waals surface area (Å²) in [6.07, 6.45) is -3.00. The van der Waals surface area contributed by atoms with Crippen molar-refractivity contribution in [3.63, 3.8) is 0 Å². The highest BCUT2D eigenvalue weighted by atomic mass is 16.4. The molecule has 1 fully saturated rings. The molecule has 0 aliphatic carbocycles. The Hall–Kier alpha value is -14.0. The summed E-state index contributed by atoms with van der Waals surface area (Å²) in [5.74, 6) is -19.0. The molecule has 7 aromatic rings. The van der Waals surface area contributed by atoms with Crippen LogP contribution in [0.4, 0.5) is 0 Å². The van der Waals surface area contributed by atoms with Crippen molar-refractivity contribution < 1.29 is 96.8 Å². The van der Waals surface area contributed by atoms with Crippen molar-refractivity contribution >= 4 is 111 Å². The van der Waals surface area contributed by atoms with Crippen LogP contribution < -0.4 is 43.0 Å². The normalized spacial score (nSPS) is 22.0. The minimum absolute atomic E-state index is 0.0509. The Balaban J connectivity index is 1.20. The van der Waals surface area contributed by atoms with E-state index in [0.717, 1.165) is 19.6 Å². The molecule has 1 aromatic heterocycles. The average Bonchev–Trinajstić information content (AvgIpc) is 1.51. The predicted octanol–water partition coefficient (Wildman–Crippen LogP) is 4.90. The van der Waals surface area contributed by atoms with Gasteiger partial charge in [-0.05, 0) is 94.8 Å². The average molecular weight is 1820 g/mol. The summed E-state index contributed by atoms with van der Waals surface area (Å²) in [7, 11) is 6.64. The summed E-state index contributed by atoms with van der Waals surface area (Å²) < 4.78 is 0. The second kappa shape index (κ2) is 50.3. The first-order valence-electron chi connectivity index (χ1n) is 44.4. The number of carboxylic acids is 1. The molecule has 11 atom stereocenters. The number of aromatic nitrogens is 1. The van der Waals surface area contributed by atoms with E-state index in [9.17, 15) is 58.5 Å². The number of likely N-dealkylation sites (N-methyl/N-ethyl adjacent to an activating group) is 5. The number of hydrogen-bond donors (Lipinski definition) is 12. The molecule has 6 aromatic carbocycles. The fourth-order valence-corrected chi connectivity index (χ4v) is 16.0. The first-order valence-corrected chi connectivity index (χ1v) is 44.4. The summed E-state index contributed by atoms with van der Waals surface area (Å²) in [4.78, 5) is 258. The van der Waals surface area contributed by atoms with Crippen molar-refractivity contribution in [2.75, 3.05) is 54.9 Å². The van der Waals surface area contributed by atoms with Gasteiger partial charge in [-0.25, -0.2) is 0 Å². The number of rotatable bonds is 24. The van der Waals surface area contributed by atoms with Crippen molar-refractivity contribution in [3.05, 3.63) is 203 Å². The smallest absolute Gasteiger partial charge is 0.304 e. The number of aliphatic carboxylic acids is 1. The van der Waals surface area contributed by atoms with Crippen molar-refractivity contribution in [1.29, 1.82) is 0 Å². The molecule has 8 rings (SSSR count). The number of phenols is 2. The number of carbonyl (C=O) groups is 17. The van der Waals surface area contributed by atoms with Crippen molar-refractivity contribution in [2.45, 2.75) is 198 Å². The lowest BCUT2D eigenvalue weighted by molar-refractivity contribution is -0.151. The third kappa shape index (κ3) is 31.4. The van der Waals surface area contributed by atoms with Gasteiger partial charge in [0.25, 0.3) is 0 Å². The van der Waals surface area contributed by atoms with Crippen molar-refractivity contribution in [1.82, 2.24) is 66.7 Å². The number of H-pyrrole nitrogens is 1. The number of hydrogen-bond acceptors (Lipinski definition) is 19. The molecule has 13 amide bonds. The zero-order valence-electron chi connectivity index (χ0n) is 76.4. The number of Topliss-reactive ketones (excluding diaryl/α,β-unsaturated/α-hetero) is 3. The topological polar surface area (TPSA) is 493 Å². The van der Waals surface area contributed by atoms with Crippen LogP contribution in [0.15, 0.2) is 170 Å². The number of carboxylic acid groups (broad SMARTS) is 1. The quantitative estimate of drug-likeness (QED) is 0.0382. The third-order valence-electron chi connectivity index (χ3n) is 23.6. The van der Waals surface area contributed by atoms with Crippen LogP contribution in [0.25, 0.3) is 10.9 Å². The number of ketones is 3. The van der Waals surface area contributed by atoms with Gasteiger partial charge < -0.3 is 87.8 Å². The molecule has 13 N–H and O–H groups in total. The van der Waals surface area contributed by atoms with Gasteiger partial charge in [-0.15, -0.1) is 0 Å². The molecular formula is C98H124N14O20. The standard InChI is InChI=1S/C98H124N14O20/c1-11-12-32-80-97(131)108(6)57-70(115)51-66(53-89(122)123)84(117)54-72(60(4)5)94(128)111(9)81(49-62-26-18-14-19-27-62)93(127)107-78(48-65-35-39-69(114)40-36-65)95(129)109(7)58-88(121)102-77(52-67-55-100-73-31-23-22-30-71(67)73)92(126)106-76(46-64-33-37-68(113)38-34-64)91(125)105-75(45-59(2)3)90(124)104-74(83(116)42-43-85(99)118)41-44-86(119)101-56-87(120)103-79(47-61-24-16-13-17-25-61)96(130)112(10)82(98(132)110(80)8)50-63-28-20-15-21-29-63/h13-31,33-40,55,59-60,66,72,74-82,100,113-114H,11-12,32,41-54,56-58H2,1-10H3,(H2,99,118)(H,101,119)(H,102,121)(H,103,120)(H,104,124)(H,105,125)(H,106,126)(H,107,127)(H,122,123)/t66-,72-,74-,75-,76-,77-,78-,79-,80-,81-,82-/m0/s1. The molecule has 706 valence electrons. The second-order valence-electron chi connectivity index (χ2n) is 34.7. The van der Waals surface area contributed by atoms with E-state index in [1.54, 1.807) is 149 Å². The number of phenolic OH excluding ortho intramolecular Hbond substituents is 2. The Bertz CT molecular complexity index is 5190. The summed E-state index contributed by atoms with van der Waals surface area (Å²) in [6, 6.07) is 30.8. The minimum Gasteiger partial charge on any atom is -0.508 e. The molecule has 0 radical (unpaired) electrons. The van der Waals surface area contributed by atoms with Gasteiger partial charge in [0, 0.05) is 135 Å². The lowest BCUT2D eigenvalue weighted by atomic mass is 9.83. The van der Waals surface area contributed by atoms with E-state index in [1.807, 2.05) is 6.92 Å². The highest BCUT2D eigenvalue weighted by Gasteiger charge is 2.43. The van der Waals surface area contributed by atoms with Gasteiger partial charge in [-0.3, -0.25) is 81.5 Å². The molecule has 34 nitrogen and oxygen atoms in total. The largest absolute Gasteiger partial charge is 0.508 e. The summed E-state index contributed by atoms with van der Waals surface area (Å²) in [6.45, 7) is 6.38. The predicted molar refractivity (Wildman–Crippen MR) is 491 cm³/mol. The maximum Gasteiger partial charge on any atom is 0.304 e. The minimum atomic E-state index is -1.60. The highest BCUT2D eigenvalue weighted by molar-refractivity contribution is 6.01. The summed E-state index contributed by atoms with van der Waals surface area (Å²) >= 11 is 0. The van der Waals surface area contributed by atoms with Crippen molar-refractivity contribution in [2.24, 2.45) is 29.4 Å². The number of carbonyl (C=O) groups excluding carboxylic acids is 16. The van der Waals surface area contributed by atoms with Gasteiger partial charge in [0.05, 0.1) is 32.1 Å². The first-order chi connectivity index (χ1) is 62.8. The molecule has 1 saturated heterocycles. The summed E-state index contributed by atoms with van der Waals surface area (Å²) in [5.41, 5.74) is 9.15. The van der Waals surface area contributed by atoms with Gasteiger partial charge in [0.15, 0.2) is 11.6 Å². The molecule has 0 spiro atoms. The molecule has 34 heteroatoms. The number of aromatic amines is 1. The maximum atomic E-state index is 15.5. The van der Waals surface area contributed by atoms with E-state index < -0.39 is 237 Å². The molecule has 1 aliphatic rings. The fraction of sp³-hybridized carbons (Fsp3) is 0.439. The number of nitrogens with zero attached hydrogens (tertiary/aromatic N) is 5. The Morgan fingerprint density at radius 2 is 0.939 bits per heavy atom. The number of unbranched alkanes of at least 4 members (excludes halogenated alkanes) is 1. The van der Waals surface area contributed by atoms with Gasteiger partial charge >= 0.3 is 5.97 Å². The molecule has 0 unspecified atom stereocenters. The Labute approximate surface area is 768 Å². The molecule has 0 bridgehead atoms. The van der Waals surface area contributed by atoms with Crippen LogP contribution in [0.3, 0.4) is 0 Å². The van der Waals surface area contributed by atoms with E-state index in [-0.39, 0.29) is 68.8 Å². The van der Waals surface area contributed by atoms with Crippen LogP contribution in [-0.4, -0.2) is 254 Å². The fourth-order valence-electron chi connectivity index (χ4n) is 16.0. The second-order valence-corrected chi connectivity index (χ2v) is 34.7. The number of fused-ring (bicyclic) bond motifs is 1. The van der Waals surface area contributed by atoms with Gasteiger partial charge in [0.2, 0.25) is 76.8 Å². The maximum absolute atomic E-state index is 15.5. The van der Waals surface area contributed by atoms with Gasteiger partial charge in [-0.1, -0.05) is 181 Å². The van der Waals surface area contributed by atoms with Crippen LogP contribution in [-0.2, 0) is 120 Å². The van der Waals surface area contributed by atoms with E-state index in [2.05, 4.69) is 42.2 Å². The van der Waals surface area contributed by atoms with Gasteiger partial charge in [0.1, 0.15) is 65.6 Å². The molecular weight excluding hydrogens is 1690 g/mol. The van der Waals surface area contributed by atoms with E-state index in [0.29, 0.717) is 57.1 Å². The first kappa shape index (κ1) is 103. The number of benzene rings is 6. The zero-order chi connectivity index (χ0) is 96.6. The van der Waals surface area contributed by atoms with Crippen molar-refractivity contribution in [3.8, 4) is 11.5 Å². The summed E-state index contributed by atoms with van der Waals surface area (Å²) in [5, 5.41) is 50.7. The monoisotopic (exact) mass is 1820 g/mol. The van der Waals surface area contributed by atoms with Crippen LogP contribution in [0.2, 0.25) is 0 Å². The number of amides is 13. The number of aromatic hydroxyl groups is 2. The SMILES string of the molecule is CCCC[C@H]1C(=O)N(C)CC(=O)C[C@@H](CC(=O)O)C(=O)C[C@@H](C(C)C)C(=O)N(C)[C@@H](Cc2ccccc2)C(=O)N[C@@H](Cc2ccc(O)cc2)C(=O)N(C)CC(=O)N[C@@H](Cc2c[nH]c3ccccc23)C(=O)N[C@@H](Cc2ccc(O)cc2)C(=O)N[C@@H](CC(C)C)C(=O)N[C@H](C(=O)CCC(N)=O)CCC(=O)NCC(=O)N[C@@H](Cc2ccccc2)C(=O)N(C)[C@@H](Cc2ccccc2)C(=O)N1C. The van der Waals surface area contributed by atoms with E-state index in [1.165, 1.54) is 88.7 Å². The third-order valence-corrected chi connectivity index (χ3v) is 23.6. The molecule has 132 heavy (non-hydrogen) atoms. The van der Waals surface area contributed by atoms with Crippen LogP contribution in [0.5, 0.6) is 11.5 Å². The highest BCUT2D eigenvalue weighted by Crippen LogP contribution is 2.28. The van der Waals surface area contributed by atoms with Crippen LogP contribution >= 0.6 is 0 Å². The number of nitrogens with two attached hydrogens (primary N) is 1. The lowest BCUT2D eigenvalue weighted by Crippen LogP contribution is -2.59. The van der Waals surface area contributed by atoms with E-state index >= 15 is 38.4 Å². The van der Waals surface area contributed by atoms with Crippen LogP contribution in [0.1, 0.15) is 139 Å².